The first-order valence-electron chi connectivity index (χ1n) is 7.51. The minimum atomic E-state index is 0.859. The fourth-order valence-corrected chi connectivity index (χ4v) is 2.35. The van der Waals surface area contributed by atoms with E-state index in [0.717, 1.165) is 37.7 Å². The van der Waals surface area contributed by atoms with E-state index in [-0.39, 0.29) is 0 Å². The van der Waals surface area contributed by atoms with Crippen molar-refractivity contribution in [3.05, 3.63) is 59.0 Å². The van der Waals surface area contributed by atoms with Crippen molar-refractivity contribution in [1.82, 2.24) is 9.80 Å². The molecule has 0 atom stereocenters. The van der Waals surface area contributed by atoms with Crippen molar-refractivity contribution < 1.29 is 4.42 Å². The average Bonchev–Trinajstić information content (AvgIpc) is 2.76. The molecule has 0 bridgehead atoms. The fourth-order valence-electron chi connectivity index (χ4n) is 2.35. The van der Waals surface area contributed by atoms with Gasteiger partial charge in [-0.15, -0.1) is 0 Å². The van der Waals surface area contributed by atoms with Crippen molar-refractivity contribution in [3.8, 4) is 0 Å². The summed E-state index contributed by atoms with van der Waals surface area (Å²) in [7, 11) is 4.23. The fraction of sp³-hybridized carbons (Fsp3) is 0.444. The molecule has 114 valence electrons. The van der Waals surface area contributed by atoms with Crippen LogP contribution < -0.4 is 0 Å². The zero-order chi connectivity index (χ0) is 15.2. The molecule has 3 heteroatoms. The van der Waals surface area contributed by atoms with E-state index in [9.17, 15) is 0 Å². The molecule has 1 aromatic carbocycles. The summed E-state index contributed by atoms with van der Waals surface area (Å²) in [6.45, 7) is 8.01. The average molecular weight is 286 g/mol. The Kier molecular flexibility index (Phi) is 5.59. The minimum absolute atomic E-state index is 0.859. The first-order chi connectivity index (χ1) is 10.0. The first kappa shape index (κ1) is 15.8. The molecule has 1 heterocycles. The summed E-state index contributed by atoms with van der Waals surface area (Å²) in [5, 5.41) is 0. The molecule has 0 aliphatic carbocycles. The molecule has 0 saturated carbocycles. The van der Waals surface area contributed by atoms with Gasteiger partial charge >= 0.3 is 0 Å². The van der Waals surface area contributed by atoms with Crippen LogP contribution in [0.15, 0.2) is 40.8 Å². The van der Waals surface area contributed by atoms with Gasteiger partial charge in [-0.25, -0.2) is 0 Å². The summed E-state index contributed by atoms with van der Waals surface area (Å²) < 4.78 is 5.83. The second-order valence-corrected chi connectivity index (χ2v) is 5.95. The molecule has 0 N–H and O–H groups in total. The summed E-state index contributed by atoms with van der Waals surface area (Å²) in [5.41, 5.74) is 2.58. The number of hydrogen-bond acceptors (Lipinski definition) is 3. The zero-order valence-corrected chi connectivity index (χ0v) is 13.6. The van der Waals surface area contributed by atoms with Crippen molar-refractivity contribution in [2.75, 3.05) is 27.2 Å². The molecule has 2 rings (SSSR count). The van der Waals surface area contributed by atoms with Crippen LogP contribution >= 0.6 is 0 Å². The molecule has 0 fully saturated rings. The van der Waals surface area contributed by atoms with Crippen LogP contribution in [-0.4, -0.2) is 37.0 Å². The zero-order valence-electron chi connectivity index (χ0n) is 13.6. The number of hydrogen-bond donors (Lipinski definition) is 0. The summed E-state index contributed by atoms with van der Waals surface area (Å²) in [5.74, 6) is 2.08. The van der Waals surface area contributed by atoms with Gasteiger partial charge in [0.2, 0.25) is 0 Å². The number of furan rings is 1. The molecule has 2 aromatic rings. The van der Waals surface area contributed by atoms with E-state index < -0.39 is 0 Å². The standard InChI is InChI=1S/C18H26N2O/c1-15-12-18(21-16(15)2)14-20(11-10-19(3)4)13-17-8-6-5-7-9-17/h5-9,12H,10-11,13-14H2,1-4H3. The summed E-state index contributed by atoms with van der Waals surface area (Å²) in [6, 6.07) is 12.8. The van der Waals surface area contributed by atoms with Gasteiger partial charge in [0.15, 0.2) is 0 Å². The van der Waals surface area contributed by atoms with Crippen LogP contribution in [0.1, 0.15) is 22.6 Å². The van der Waals surface area contributed by atoms with Gasteiger partial charge < -0.3 is 9.32 Å². The van der Waals surface area contributed by atoms with E-state index >= 15 is 0 Å². The van der Waals surface area contributed by atoms with Crippen LogP contribution in [-0.2, 0) is 13.1 Å². The second kappa shape index (κ2) is 7.43. The maximum atomic E-state index is 5.83. The van der Waals surface area contributed by atoms with Crippen molar-refractivity contribution in [1.29, 1.82) is 0 Å². The molecule has 1 aromatic heterocycles. The molecule has 3 nitrogen and oxygen atoms in total. The highest BCUT2D eigenvalue weighted by atomic mass is 16.3. The lowest BCUT2D eigenvalue weighted by Crippen LogP contribution is -2.31. The number of nitrogens with zero attached hydrogens (tertiary/aromatic N) is 2. The molecular formula is C18H26N2O. The molecule has 0 aliphatic rings. The van der Waals surface area contributed by atoms with Crippen molar-refractivity contribution >= 4 is 0 Å². The molecule has 0 spiro atoms. The Balaban J connectivity index is 2.04. The van der Waals surface area contributed by atoms with E-state index in [1.807, 2.05) is 6.92 Å². The number of benzene rings is 1. The Hall–Kier alpha value is -1.58. The Morgan fingerprint density at radius 1 is 0.952 bits per heavy atom. The summed E-state index contributed by atoms with van der Waals surface area (Å²) in [4.78, 5) is 4.66. The van der Waals surface area contributed by atoms with E-state index in [1.54, 1.807) is 0 Å². The topological polar surface area (TPSA) is 19.6 Å². The third-order valence-electron chi connectivity index (χ3n) is 3.71. The van der Waals surface area contributed by atoms with Crippen molar-refractivity contribution in [2.45, 2.75) is 26.9 Å². The third-order valence-corrected chi connectivity index (χ3v) is 3.71. The van der Waals surface area contributed by atoms with Crippen molar-refractivity contribution in [3.63, 3.8) is 0 Å². The number of likely N-dealkylation sites (N-methyl/N-ethyl adjacent to an activating group) is 1. The van der Waals surface area contributed by atoms with Crippen LogP contribution in [0.5, 0.6) is 0 Å². The largest absolute Gasteiger partial charge is 0.465 e. The summed E-state index contributed by atoms with van der Waals surface area (Å²) in [6.07, 6.45) is 0. The molecule has 0 aliphatic heterocycles. The highest BCUT2D eigenvalue weighted by Crippen LogP contribution is 2.16. The lowest BCUT2D eigenvalue weighted by Gasteiger charge is -2.23. The van der Waals surface area contributed by atoms with Gasteiger partial charge in [0, 0.05) is 19.6 Å². The van der Waals surface area contributed by atoms with Crippen LogP contribution in [0.25, 0.3) is 0 Å². The molecule has 0 radical (unpaired) electrons. The third kappa shape index (κ3) is 5.03. The van der Waals surface area contributed by atoms with Gasteiger partial charge in [0.25, 0.3) is 0 Å². The second-order valence-electron chi connectivity index (χ2n) is 5.95. The quantitative estimate of drug-likeness (QED) is 0.777. The number of aryl methyl sites for hydroxylation is 2. The first-order valence-corrected chi connectivity index (χ1v) is 7.51. The Morgan fingerprint density at radius 3 is 2.24 bits per heavy atom. The SMILES string of the molecule is Cc1cc(CN(CCN(C)C)Cc2ccccc2)oc1C. The molecule has 21 heavy (non-hydrogen) atoms. The smallest absolute Gasteiger partial charge is 0.118 e. The Bertz CT molecular complexity index is 526. The normalized spacial score (nSPS) is 11.5. The molecule has 0 amide bonds. The Morgan fingerprint density at radius 2 is 1.67 bits per heavy atom. The van der Waals surface area contributed by atoms with Gasteiger partial charge in [0.05, 0.1) is 6.54 Å². The lowest BCUT2D eigenvalue weighted by atomic mass is 10.2. The van der Waals surface area contributed by atoms with Crippen LogP contribution in [0.3, 0.4) is 0 Å². The van der Waals surface area contributed by atoms with Gasteiger partial charge in [-0.2, -0.15) is 0 Å². The van der Waals surface area contributed by atoms with Crippen LogP contribution in [0.2, 0.25) is 0 Å². The highest BCUT2D eigenvalue weighted by Gasteiger charge is 2.11. The van der Waals surface area contributed by atoms with E-state index in [0.29, 0.717) is 0 Å². The van der Waals surface area contributed by atoms with E-state index in [4.69, 9.17) is 4.42 Å². The van der Waals surface area contributed by atoms with Crippen molar-refractivity contribution in [2.24, 2.45) is 0 Å². The minimum Gasteiger partial charge on any atom is -0.465 e. The number of rotatable bonds is 7. The van der Waals surface area contributed by atoms with Crippen LogP contribution in [0, 0.1) is 13.8 Å². The highest BCUT2D eigenvalue weighted by molar-refractivity contribution is 5.19. The van der Waals surface area contributed by atoms with Crippen LogP contribution in [0.4, 0.5) is 0 Å². The van der Waals surface area contributed by atoms with E-state index in [1.165, 1.54) is 11.1 Å². The van der Waals surface area contributed by atoms with Gasteiger partial charge in [0.1, 0.15) is 11.5 Å². The molecular weight excluding hydrogens is 260 g/mol. The van der Waals surface area contributed by atoms with Gasteiger partial charge in [-0.1, -0.05) is 30.3 Å². The van der Waals surface area contributed by atoms with E-state index in [2.05, 4.69) is 67.2 Å². The predicted molar refractivity (Wildman–Crippen MR) is 87.3 cm³/mol. The maximum Gasteiger partial charge on any atom is 0.118 e. The summed E-state index contributed by atoms with van der Waals surface area (Å²) >= 11 is 0. The van der Waals surface area contributed by atoms with Gasteiger partial charge in [-0.3, -0.25) is 4.90 Å². The monoisotopic (exact) mass is 286 g/mol. The molecule has 0 unspecified atom stereocenters. The maximum absolute atomic E-state index is 5.83. The predicted octanol–water partition coefficient (Wildman–Crippen LogP) is 3.46. The molecule has 0 saturated heterocycles. The Labute approximate surface area is 128 Å². The van der Waals surface area contributed by atoms with Gasteiger partial charge in [-0.05, 0) is 45.1 Å². The lowest BCUT2D eigenvalue weighted by molar-refractivity contribution is 0.210.